The summed E-state index contributed by atoms with van der Waals surface area (Å²) in [6, 6.07) is -0.0735. The summed E-state index contributed by atoms with van der Waals surface area (Å²) in [6.07, 6.45) is 0.540. The zero-order valence-electron chi connectivity index (χ0n) is 11.6. The SMILES string of the molecule is CCC(CN)S(=O)(=O)NC(CN(C)C)C(C)C. The molecule has 0 aromatic heterocycles. The predicted molar refractivity (Wildman–Crippen MR) is 72.4 cm³/mol. The minimum atomic E-state index is -3.31. The second-order valence-electron chi connectivity index (χ2n) is 5.04. The van der Waals surface area contributed by atoms with Gasteiger partial charge in [-0.3, -0.25) is 0 Å². The molecule has 0 saturated heterocycles. The van der Waals surface area contributed by atoms with E-state index < -0.39 is 15.3 Å². The molecule has 0 rings (SSSR count). The molecule has 0 amide bonds. The molecule has 0 aliphatic rings. The molecule has 0 radical (unpaired) electrons. The Labute approximate surface area is 106 Å². The Morgan fingerprint density at radius 2 is 1.82 bits per heavy atom. The van der Waals surface area contributed by atoms with E-state index in [0.717, 1.165) is 0 Å². The summed E-state index contributed by atoms with van der Waals surface area (Å²) in [5, 5.41) is -0.495. The van der Waals surface area contributed by atoms with Crippen LogP contribution in [0.25, 0.3) is 0 Å². The average Bonchev–Trinajstić information content (AvgIpc) is 2.16. The lowest BCUT2D eigenvalue weighted by Crippen LogP contribution is -2.49. The van der Waals surface area contributed by atoms with Crippen molar-refractivity contribution in [3.63, 3.8) is 0 Å². The molecule has 0 bridgehead atoms. The minimum absolute atomic E-state index is 0.0735. The first-order valence-corrected chi connectivity index (χ1v) is 7.65. The third kappa shape index (κ3) is 5.81. The molecule has 17 heavy (non-hydrogen) atoms. The molecule has 0 fully saturated rings. The van der Waals surface area contributed by atoms with Crippen LogP contribution in [0.4, 0.5) is 0 Å². The molecule has 0 spiro atoms. The van der Waals surface area contributed by atoms with Crippen LogP contribution in [0.1, 0.15) is 27.2 Å². The Morgan fingerprint density at radius 3 is 2.12 bits per heavy atom. The molecule has 104 valence electrons. The van der Waals surface area contributed by atoms with E-state index in [-0.39, 0.29) is 18.5 Å². The van der Waals surface area contributed by atoms with Crippen LogP contribution in [0.2, 0.25) is 0 Å². The predicted octanol–water partition coefficient (Wildman–Crippen LogP) is 0.229. The van der Waals surface area contributed by atoms with Gasteiger partial charge >= 0.3 is 0 Å². The Morgan fingerprint density at radius 1 is 1.29 bits per heavy atom. The number of likely N-dealkylation sites (N-methyl/N-ethyl adjacent to an activating group) is 1. The summed E-state index contributed by atoms with van der Waals surface area (Å²) >= 11 is 0. The van der Waals surface area contributed by atoms with Crippen molar-refractivity contribution < 1.29 is 8.42 Å². The molecule has 0 aliphatic heterocycles. The molecule has 2 atom stereocenters. The molecule has 0 heterocycles. The van der Waals surface area contributed by atoms with Gasteiger partial charge < -0.3 is 10.6 Å². The number of hydrogen-bond donors (Lipinski definition) is 2. The molecule has 0 aromatic carbocycles. The van der Waals surface area contributed by atoms with E-state index in [2.05, 4.69) is 4.72 Å². The van der Waals surface area contributed by atoms with Gasteiger partial charge in [-0.05, 0) is 26.4 Å². The Bertz CT molecular complexity index is 298. The molecule has 0 aromatic rings. The van der Waals surface area contributed by atoms with Gasteiger partial charge in [0.05, 0.1) is 5.25 Å². The van der Waals surface area contributed by atoms with Crippen molar-refractivity contribution in [2.24, 2.45) is 11.7 Å². The van der Waals surface area contributed by atoms with Crippen molar-refractivity contribution in [2.45, 2.75) is 38.5 Å². The molecule has 5 nitrogen and oxygen atoms in total. The highest BCUT2D eigenvalue weighted by molar-refractivity contribution is 7.90. The zero-order valence-corrected chi connectivity index (χ0v) is 12.4. The van der Waals surface area contributed by atoms with Crippen LogP contribution >= 0.6 is 0 Å². The lowest BCUT2D eigenvalue weighted by Gasteiger charge is -2.27. The highest BCUT2D eigenvalue weighted by atomic mass is 32.2. The second-order valence-corrected chi connectivity index (χ2v) is 7.03. The highest BCUT2D eigenvalue weighted by Crippen LogP contribution is 2.09. The number of rotatable bonds is 8. The molecular formula is C11H27N3O2S. The summed E-state index contributed by atoms with van der Waals surface area (Å²) < 4.78 is 26.9. The first-order valence-electron chi connectivity index (χ1n) is 6.10. The summed E-state index contributed by atoms with van der Waals surface area (Å²) in [5.41, 5.74) is 5.49. The van der Waals surface area contributed by atoms with E-state index >= 15 is 0 Å². The van der Waals surface area contributed by atoms with Gasteiger partial charge in [0.15, 0.2) is 0 Å². The monoisotopic (exact) mass is 265 g/mol. The van der Waals surface area contributed by atoms with Gasteiger partial charge in [-0.2, -0.15) is 0 Å². The van der Waals surface area contributed by atoms with Crippen molar-refractivity contribution in [1.82, 2.24) is 9.62 Å². The fourth-order valence-corrected chi connectivity index (χ4v) is 3.25. The highest BCUT2D eigenvalue weighted by Gasteiger charge is 2.27. The third-order valence-electron chi connectivity index (χ3n) is 2.84. The minimum Gasteiger partial charge on any atom is -0.329 e. The molecule has 0 saturated carbocycles. The number of nitrogens with two attached hydrogens (primary N) is 1. The van der Waals surface area contributed by atoms with Crippen LogP contribution in [0.5, 0.6) is 0 Å². The van der Waals surface area contributed by atoms with Crippen LogP contribution < -0.4 is 10.5 Å². The molecule has 2 unspecified atom stereocenters. The van der Waals surface area contributed by atoms with Crippen LogP contribution in [-0.4, -0.2) is 51.8 Å². The van der Waals surface area contributed by atoms with Crippen molar-refractivity contribution in [1.29, 1.82) is 0 Å². The van der Waals surface area contributed by atoms with Gasteiger partial charge in [-0.1, -0.05) is 20.8 Å². The van der Waals surface area contributed by atoms with Crippen LogP contribution in [-0.2, 0) is 10.0 Å². The normalized spacial score (nSPS) is 16.5. The van der Waals surface area contributed by atoms with E-state index in [1.54, 1.807) is 0 Å². The first-order chi connectivity index (χ1) is 7.74. The van der Waals surface area contributed by atoms with E-state index in [4.69, 9.17) is 5.73 Å². The molecule has 0 aliphatic carbocycles. The summed E-state index contributed by atoms with van der Waals surface area (Å²) in [5.74, 6) is 0.252. The van der Waals surface area contributed by atoms with E-state index in [1.807, 2.05) is 39.8 Å². The molecule has 3 N–H and O–H groups in total. The fraction of sp³-hybridized carbons (Fsp3) is 1.00. The zero-order chi connectivity index (χ0) is 13.6. The average molecular weight is 265 g/mol. The lowest BCUT2D eigenvalue weighted by atomic mass is 10.1. The number of nitrogens with zero attached hydrogens (tertiary/aromatic N) is 1. The first kappa shape index (κ1) is 16.8. The van der Waals surface area contributed by atoms with Crippen LogP contribution in [0, 0.1) is 5.92 Å². The fourth-order valence-electron chi connectivity index (χ4n) is 1.60. The summed E-state index contributed by atoms with van der Waals surface area (Å²) in [4.78, 5) is 1.98. The Balaban J connectivity index is 4.74. The Hall–Kier alpha value is -0.170. The van der Waals surface area contributed by atoms with E-state index in [1.165, 1.54) is 0 Å². The maximum Gasteiger partial charge on any atom is 0.216 e. The van der Waals surface area contributed by atoms with Crippen LogP contribution in [0.3, 0.4) is 0 Å². The van der Waals surface area contributed by atoms with Gasteiger partial charge in [0, 0.05) is 19.1 Å². The van der Waals surface area contributed by atoms with Crippen molar-refractivity contribution in [3.8, 4) is 0 Å². The standard InChI is InChI=1S/C11H27N3O2S/c1-6-10(7-12)17(15,16)13-11(9(2)3)8-14(4)5/h9-11,13H,6-8,12H2,1-5H3. The quantitative estimate of drug-likeness (QED) is 0.659. The largest absolute Gasteiger partial charge is 0.329 e. The van der Waals surface area contributed by atoms with Crippen molar-refractivity contribution in [3.05, 3.63) is 0 Å². The maximum absolute atomic E-state index is 12.1. The second kappa shape index (κ2) is 7.31. The smallest absolute Gasteiger partial charge is 0.216 e. The van der Waals surface area contributed by atoms with E-state index in [0.29, 0.717) is 13.0 Å². The van der Waals surface area contributed by atoms with Gasteiger partial charge in [-0.15, -0.1) is 0 Å². The van der Waals surface area contributed by atoms with Crippen molar-refractivity contribution in [2.75, 3.05) is 27.2 Å². The molecular weight excluding hydrogens is 238 g/mol. The van der Waals surface area contributed by atoms with Gasteiger partial charge in [0.1, 0.15) is 0 Å². The Kier molecular flexibility index (Phi) is 7.23. The van der Waals surface area contributed by atoms with Crippen LogP contribution in [0.15, 0.2) is 0 Å². The lowest BCUT2D eigenvalue weighted by molar-refractivity contribution is 0.313. The van der Waals surface area contributed by atoms with Gasteiger partial charge in [0.2, 0.25) is 10.0 Å². The number of nitrogens with one attached hydrogen (secondary N) is 1. The topological polar surface area (TPSA) is 75.4 Å². The summed E-state index contributed by atoms with van der Waals surface area (Å²) in [6.45, 7) is 6.73. The van der Waals surface area contributed by atoms with Gasteiger partial charge in [0.25, 0.3) is 0 Å². The molecule has 6 heteroatoms. The van der Waals surface area contributed by atoms with E-state index in [9.17, 15) is 8.42 Å². The number of hydrogen-bond acceptors (Lipinski definition) is 4. The maximum atomic E-state index is 12.1. The number of sulfonamides is 1. The van der Waals surface area contributed by atoms with Gasteiger partial charge in [-0.25, -0.2) is 13.1 Å². The third-order valence-corrected chi connectivity index (χ3v) is 4.87. The van der Waals surface area contributed by atoms with Crippen molar-refractivity contribution >= 4 is 10.0 Å². The summed E-state index contributed by atoms with van der Waals surface area (Å²) in [7, 11) is 0.555.